The second-order valence-corrected chi connectivity index (χ2v) is 3.61. The van der Waals surface area contributed by atoms with Crippen LogP contribution < -0.4 is 0 Å². The smallest absolute Gasteiger partial charge is 0.176 e. The lowest BCUT2D eigenvalue weighted by atomic mass is 10.0. The molecule has 0 spiro atoms. The van der Waals surface area contributed by atoms with Crippen LogP contribution in [-0.2, 0) is 7.05 Å². The van der Waals surface area contributed by atoms with Gasteiger partial charge in [-0.2, -0.15) is 0 Å². The minimum Gasteiger partial charge on any atom is -0.348 e. The first kappa shape index (κ1) is 9.71. The minimum atomic E-state index is 0.0985. The molecule has 2 nitrogen and oxygen atoms in total. The number of hydrogen-bond acceptors (Lipinski definition) is 1. The Bertz CT molecular complexity index is 482. The molecule has 0 aliphatic rings. The molecular weight excluding hydrogens is 186 g/mol. The number of benzene rings is 1. The molecule has 1 aromatic heterocycles. The zero-order valence-electron chi connectivity index (χ0n) is 8.90. The Balaban J connectivity index is 2.59. The molecule has 1 heterocycles. The van der Waals surface area contributed by atoms with Gasteiger partial charge < -0.3 is 4.57 Å². The molecule has 76 valence electrons. The van der Waals surface area contributed by atoms with E-state index < -0.39 is 0 Å². The largest absolute Gasteiger partial charge is 0.348 e. The molecule has 0 saturated carbocycles. The SMILES string of the molecule is CC(=O)c1c(-c2ccccc2)ccn1C. The van der Waals surface area contributed by atoms with Crippen LogP contribution >= 0.6 is 0 Å². The first-order valence-electron chi connectivity index (χ1n) is 4.92. The Labute approximate surface area is 89.2 Å². The highest BCUT2D eigenvalue weighted by Crippen LogP contribution is 2.24. The second-order valence-electron chi connectivity index (χ2n) is 3.61. The predicted octanol–water partition coefficient (Wildman–Crippen LogP) is 2.89. The van der Waals surface area contributed by atoms with E-state index in [0.717, 1.165) is 16.8 Å². The van der Waals surface area contributed by atoms with Crippen molar-refractivity contribution in [3.63, 3.8) is 0 Å². The maximum atomic E-state index is 11.5. The zero-order chi connectivity index (χ0) is 10.8. The van der Waals surface area contributed by atoms with Gasteiger partial charge in [-0.25, -0.2) is 0 Å². The van der Waals surface area contributed by atoms with Gasteiger partial charge in [0.25, 0.3) is 0 Å². The fourth-order valence-corrected chi connectivity index (χ4v) is 1.82. The lowest BCUT2D eigenvalue weighted by Gasteiger charge is -2.03. The summed E-state index contributed by atoms with van der Waals surface area (Å²) in [6.45, 7) is 1.60. The average molecular weight is 199 g/mol. The summed E-state index contributed by atoms with van der Waals surface area (Å²) in [5, 5.41) is 0. The molecular formula is C13H13NO. The number of ketones is 1. The van der Waals surface area contributed by atoms with Crippen LogP contribution in [0.15, 0.2) is 42.6 Å². The molecule has 0 N–H and O–H groups in total. The molecule has 0 saturated heterocycles. The van der Waals surface area contributed by atoms with Crippen LogP contribution in [0.25, 0.3) is 11.1 Å². The quantitative estimate of drug-likeness (QED) is 0.682. The van der Waals surface area contributed by atoms with Gasteiger partial charge in [0.15, 0.2) is 5.78 Å². The van der Waals surface area contributed by atoms with Crippen molar-refractivity contribution in [2.75, 3.05) is 0 Å². The van der Waals surface area contributed by atoms with E-state index in [1.807, 2.05) is 54.2 Å². The molecule has 0 bridgehead atoms. The highest BCUT2D eigenvalue weighted by atomic mass is 16.1. The van der Waals surface area contributed by atoms with Gasteiger partial charge in [0.05, 0.1) is 5.69 Å². The van der Waals surface area contributed by atoms with Crippen LogP contribution in [0.4, 0.5) is 0 Å². The van der Waals surface area contributed by atoms with Gasteiger partial charge >= 0.3 is 0 Å². The van der Waals surface area contributed by atoms with Crippen molar-refractivity contribution in [2.24, 2.45) is 7.05 Å². The third-order valence-corrected chi connectivity index (χ3v) is 2.49. The Hall–Kier alpha value is -1.83. The molecule has 2 heteroatoms. The van der Waals surface area contributed by atoms with Gasteiger partial charge in [-0.1, -0.05) is 30.3 Å². The van der Waals surface area contributed by atoms with Gasteiger partial charge in [-0.15, -0.1) is 0 Å². The Kier molecular flexibility index (Phi) is 2.42. The summed E-state index contributed by atoms with van der Waals surface area (Å²) in [6.07, 6.45) is 1.92. The maximum absolute atomic E-state index is 11.5. The standard InChI is InChI=1S/C13H13NO/c1-10(15)13-12(8-9-14(13)2)11-6-4-3-5-7-11/h3-9H,1-2H3. The van der Waals surface area contributed by atoms with Crippen LogP contribution in [0, 0.1) is 0 Å². The van der Waals surface area contributed by atoms with Crippen LogP contribution in [-0.4, -0.2) is 10.4 Å². The second kappa shape index (κ2) is 3.73. The summed E-state index contributed by atoms with van der Waals surface area (Å²) < 4.78 is 1.87. The first-order chi connectivity index (χ1) is 7.20. The van der Waals surface area contributed by atoms with Gasteiger partial charge in [0, 0.05) is 25.7 Å². The van der Waals surface area contributed by atoms with E-state index in [9.17, 15) is 4.79 Å². The number of nitrogens with zero attached hydrogens (tertiary/aromatic N) is 1. The van der Waals surface area contributed by atoms with E-state index in [-0.39, 0.29) is 5.78 Å². The van der Waals surface area contributed by atoms with E-state index in [1.54, 1.807) is 6.92 Å². The zero-order valence-corrected chi connectivity index (χ0v) is 8.90. The fourth-order valence-electron chi connectivity index (χ4n) is 1.82. The van der Waals surface area contributed by atoms with E-state index in [1.165, 1.54) is 0 Å². The highest BCUT2D eigenvalue weighted by Gasteiger charge is 2.12. The summed E-state index contributed by atoms with van der Waals surface area (Å²) in [5.74, 6) is 0.0985. The van der Waals surface area contributed by atoms with Gasteiger partial charge in [0.1, 0.15) is 0 Å². The molecule has 2 aromatic rings. The van der Waals surface area contributed by atoms with E-state index >= 15 is 0 Å². The molecule has 0 radical (unpaired) electrons. The van der Waals surface area contributed by atoms with Crippen molar-refractivity contribution in [1.82, 2.24) is 4.57 Å². The summed E-state index contributed by atoms with van der Waals surface area (Å²) >= 11 is 0. The first-order valence-corrected chi connectivity index (χ1v) is 4.92. The fraction of sp³-hybridized carbons (Fsp3) is 0.154. The van der Waals surface area contributed by atoms with Gasteiger partial charge in [-0.3, -0.25) is 4.79 Å². The molecule has 15 heavy (non-hydrogen) atoms. The van der Waals surface area contributed by atoms with Crippen molar-refractivity contribution in [3.8, 4) is 11.1 Å². The highest BCUT2D eigenvalue weighted by molar-refractivity contribution is 5.99. The number of carbonyl (C=O) groups excluding carboxylic acids is 1. The molecule has 0 atom stereocenters. The van der Waals surface area contributed by atoms with E-state index in [0.29, 0.717) is 0 Å². The molecule has 0 aliphatic carbocycles. The Morgan fingerprint density at radius 1 is 1.13 bits per heavy atom. The number of Topliss-reactive ketones (excluding diaryl/α,β-unsaturated/α-hetero) is 1. The van der Waals surface area contributed by atoms with Crippen molar-refractivity contribution in [3.05, 3.63) is 48.3 Å². The molecule has 0 fully saturated rings. The van der Waals surface area contributed by atoms with Crippen LogP contribution in [0.3, 0.4) is 0 Å². The third-order valence-electron chi connectivity index (χ3n) is 2.49. The topological polar surface area (TPSA) is 22.0 Å². The summed E-state index contributed by atoms with van der Waals surface area (Å²) in [6, 6.07) is 11.9. The molecule has 2 rings (SSSR count). The Morgan fingerprint density at radius 3 is 2.40 bits per heavy atom. The Morgan fingerprint density at radius 2 is 1.80 bits per heavy atom. The number of aromatic nitrogens is 1. The summed E-state index contributed by atoms with van der Waals surface area (Å²) in [5.41, 5.74) is 2.86. The van der Waals surface area contributed by atoms with Gasteiger partial charge in [-0.05, 0) is 11.6 Å². The lowest BCUT2D eigenvalue weighted by molar-refractivity contribution is 0.101. The summed E-state index contributed by atoms with van der Waals surface area (Å²) in [7, 11) is 1.89. The third kappa shape index (κ3) is 1.71. The minimum absolute atomic E-state index is 0.0985. The van der Waals surface area contributed by atoms with Crippen LogP contribution in [0.2, 0.25) is 0 Å². The molecule has 1 aromatic carbocycles. The lowest BCUT2D eigenvalue weighted by Crippen LogP contribution is -2.02. The maximum Gasteiger partial charge on any atom is 0.176 e. The molecule has 0 unspecified atom stereocenters. The predicted molar refractivity (Wildman–Crippen MR) is 60.9 cm³/mol. The average Bonchev–Trinajstić information content (AvgIpc) is 2.61. The monoisotopic (exact) mass is 199 g/mol. The van der Waals surface area contributed by atoms with Crippen molar-refractivity contribution in [2.45, 2.75) is 6.92 Å². The normalized spacial score (nSPS) is 10.3. The van der Waals surface area contributed by atoms with Crippen LogP contribution in [0.5, 0.6) is 0 Å². The van der Waals surface area contributed by atoms with Crippen molar-refractivity contribution >= 4 is 5.78 Å². The molecule has 0 aliphatic heterocycles. The number of rotatable bonds is 2. The molecule has 0 amide bonds. The number of hydrogen-bond donors (Lipinski definition) is 0. The number of carbonyl (C=O) groups is 1. The van der Waals surface area contributed by atoms with E-state index in [4.69, 9.17) is 0 Å². The number of aryl methyl sites for hydroxylation is 1. The van der Waals surface area contributed by atoms with Crippen LogP contribution in [0.1, 0.15) is 17.4 Å². The summed E-state index contributed by atoms with van der Waals surface area (Å²) in [4.78, 5) is 11.5. The van der Waals surface area contributed by atoms with Gasteiger partial charge in [0.2, 0.25) is 0 Å². The van der Waals surface area contributed by atoms with E-state index in [2.05, 4.69) is 0 Å². The van der Waals surface area contributed by atoms with Crippen molar-refractivity contribution in [1.29, 1.82) is 0 Å². The van der Waals surface area contributed by atoms with Crippen molar-refractivity contribution < 1.29 is 4.79 Å².